The van der Waals surface area contributed by atoms with Gasteiger partial charge in [0, 0.05) is 18.0 Å². The molecule has 0 aliphatic heterocycles. The summed E-state index contributed by atoms with van der Waals surface area (Å²) in [5.74, 6) is 0.613. The first-order valence-corrected chi connectivity index (χ1v) is 9.81. The van der Waals surface area contributed by atoms with Gasteiger partial charge < -0.3 is 0 Å². The number of hydrogen-bond acceptors (Lipinski definition) is 8. The number of halogens is 2. The Kier molecular flexibility index (Phi) is 4.58. The van der Waals surface area contributed by atoms with Crippen molar-refractivity contribution in [1.82, 2.24) is 45.0 Å². The summed E-state index contributed by atoms with van der Waals surface area (Å²) in [5.41, 5.74) is 2.12. The first-order valence-electron chi connectivity index (χ1n) is 8.23. The zero-order valence-electron chi connectivity index (χ0n) is 14.4. The lowest BCUT2D eigenvalue weighted by atomic mass is 10.2. The molecule has 0 bridgehead atoms. The number of pyridine rings is 1. The molecule has 0 amide bonds. The van der Waals surface area contributed by atoms with Gasteiger partial charge in [0.05, 0.1) is 15.7 Å². The molecule has 0 N–H and O–H groups in total. The maximum atomic E-state index is 6.25. The lowest BCUT2D eigenvalue weighted by molar-refractivity contribution is 0.701. The van der Waals surface area contributed by atoms with Crippen LogP contribution < -0.4 is 0 Å². The molecule has 5 rings (SSSR count). The Bertz CT molecular complexity index is 1320. The van der Waals surface area contributed by atoms with Gasteiger partial charge in [-0.1, -0.05) is 23.2 Å². The zero-order valence-corrected chi connectivity index (χ0v) is 16.7. The molecule has 0 aliphatic rings. The molecule has 0 unspecified atom stereocenters. The molecule has 0 radical (unpaired) electrons. The van der Waals surface area contributed by atoms with E-state index in [1.807, 2.05) is 28.8 Å². The van der Waals surface area contributed by atoms with Crippen LogP contribution in [0.25, 0.3) is 22.7 Å². The van der Waals surface area contributed by atoms with E-state index in [0.717, 1.165) is 11.3 Å². The van der Waals surface area contributed by atoms with Gasteiger partial charge in [0.15, 0.2) is 11.5 Å². The number of hydrogen-bond donors (Lipinski definition) is 0. The molecule has 0 spiro atoms. The molecule has 0 fully saturated rings. The van der Waals surface area contributed by atoms with Gasteiger partial charge in [-0.05, 0) is 64.7 Å². The third-order valence-electron chi connectivity index (χ3n) is 3.96. The Morgan fingerprint density at radius 3 is 2.69 bits per heavy atom. The summed E-state index contributed by atoms with van der Waals surface area (Å²) in [6.45, 7) is 0. The smallest absolute Gasteiger partial charge is 0.202 e. The van der Waals surface area contributed by atoms with Gasteiger partial charge in [0.1, 0.15) is 5.03 Å². The number of nitrogens with zero attached hydrogens (tertiary/aromatic N) is 9. The Balaban J connectivity index is 1.64. The molecular weight excluding hydrogens is 433 g/mol. The van der Waals surface area contributed by atoms with Crippen LogP contribution in [-0.4, -0.2) is 45.0 Å². The first-order chi connectivity index (χ1) is 14.2. The van der Waals surface area contributed by atoms with E-state index in [0.29, 0.717) is 31.7 Å². The van der Waals surface area contributed by atoms with Crippen LogP contribution in [0, 0.1) is 0 Å². The van der Waals surface area contributed by atoms with Crippen LogP contribution in [-0.2, 0) is 0 Å². The quantitative estimate of drug-likeness (QED) is 0.416. The van der Waals surface area contributed by atoms with Crippen molar-refractivity contribution in [2.45, 2.75) is 10.2 Å². The fourth-order valence-corrected chi connectivity index (χ4v) is 3.75. The number of rotatable bonds is 4. The second-order valence-corrected chi connectivity index (χ2v) is 7.58. The summed E-state index contributed by atoms with van der Waals surface area (Å²) in [7, 11) is 0. The summed E-state index contributed by atoms with van der Waals surface area (Å²) in [6.07, 6.45) is 3.42. The van der Waals surface area contributed by atoms with E-state index in [1.165, 1.54) is 16.4 Å². The maximum Gasteiger partial charge on any atom is 0.202 e. The Labute approximate surface area is 177 Å². The second kappa shape index (κ2) is 7.39. The molecule has 29 heavy (non-hydrogen) atoms. The highest BCUT2D eigenvalue weighted by molar-refractivity contribution is 7.99. The predicted molar refractivity (Wildman–Crippen MR) is 107 cm³/mol. The molecule has 12 heteroatoms. The van der Waals surface area contributed by atoms with Crippen LogP contribution in [0.5, 0.6) is 0 Å². The number of aromatic nitrogens is 9. The molecule has 1 aromatic carbocycles. The molecule has 0 atom stereocenters. The van der Waals surface area contributed by atoms with Crippen LogP contribution in [0.15, 0.2) is 65.0 Å². The van der Waals surface area contributed by atoms with Gasteiger partial charge in [-0.3, -0.25) is 9.55 Å². The number of tetrazole rings is 1. The SMILES string of the molecule is Clc1ccc(-n2c(Sc3ccc4nnnn4n3)nnc2-c2cccnc2)cc1Cl. The Morgan fingerprint density at radius 2 is 1.86 bits per heavy atom. The van der Waals surface area contributed by atoms with Crippen molar-refractivity contribution >= 4 is 40.6 Å². The van der Waals surface area contributed by atoms with Crippen LogP contribution in [0.4, 0.5) is 0 Å². The van der Waals surface area contributed by atoms with Gasteiger partial charge in [-0.2, -0.15) is 0 Å². The van der Waals surface area contributed by atoms with Crippen LogP contribution >= 0.6 is 35.0 Å². The lowest BCUT2D eigenvalue weighted by Crippen LogP contribution is -2.01. The van der Waals surface area contributed by atoms with Crippen molar-refractivity contribution in [1.29, 1.82) is 0 Å². The minimum Gasteiger partial charge on any atom is -0.270 e. The van der Waals surface area contributed by atoms with E-state index in [4.69, 9.17) is 23.2 Å². The molecule has 0 aliphatic carbocycles. The van der Waals surface area contributed by atoms with E-state index in [1.54, 1.807) is 30.6 Å². The summed E-state index contributed by atoms with van der Waals surface area (Å²) < 4.78 is 3.22. The van der Waals surface area contributed by atoms with E-state index in [-0.39, 0.29) is 0 Å². The van der Waals surface area contributed by atoms with Crippen LogP contribution in [0.1, 0.15) is 0 Å². The number of benzene rings is 1. The molecule has 4 aromatic heterocycles. The highest BCUT2D eigenvalue weighted by Gasteiger charge is 2.18. The minimum absolute atomic E-state index is 0.430. The van der Waals surface area contributed by atoms with Gasteiger partial charge in [0.2, 0.25) is 5.16 Å². The topological polar surface area (TPSA) is 99.6 Å². The standard InChI is InChI=1S/C17H9Cl2N9S/c18-12-4-3-11(8-13(12)19)27-16(10-2-1-7-20-9-10)22-23-17(27)29-15-6-5-14-21-25-26-28(14)24-15/h1-9H. The average molecular weight is 442 g/mol. The summed E-state index contributed by atoms with van der Waals surface area (Å²) >= 11 is 13.7. The fourth-order valence-electron chi connectivity index (χ4n) is 2.66. The van der Waals surface area contributed by atoms with Crippen molar-refractivity contribution in [2.24, 2.45) is 0 Å². The molecule has 142 valence electrons. The van der Waals surface area contributed by atoms with Crippen molar-refractivity contribution in [3.05, 3.63) is 64.9 Å². The summed E-state index contributed by atoms with van der Waals surface area (Å²) in [6, 6.07) is 12.7. The maximum absolute atomic E-state index is 6.25. The highest BCUT2D eigenvalue weighted by atomic mass is 35.5. The monoisotopic (exact) mass is 441 g/mol. The first kappa shape index (κ1) is 18.0. The van der Waals surface area contributed by atoms with E-state index in [9.17, 15) is 0 Å². The van der Waals surface area contributed by atoms with Gasteiger partial charge >= 0.3 is 0 Å². The molecular formula is C17H9Cl2N9S. The molecule has 4 heterocycles. The lowest BCUT2D eigenvalue weighted by Gasteiger charge is -2.11. The van der Waals surface area contributed by atoms with Gasteiger partial charge in [0.25, 0.3) is 0 Å². The third-order valence-corrected chi connectivity index (χ3v) is 5.57. The summed E-state index contributed by atoms with van der Waals surface area (Å²) in [5, 5.41) is 26.5. The van der Waals surface area contributed by atoms with Crippen LogP contribution in [0.2, 0.25) is 10.0 Å². The zero-order chi connectivity index (χ0) is 19.8. The van der Waals surface area contributed by atoms with E-state index >= 15 is 0 Å². The molecule has 9 nitrogen and oxygen atoms in total. The minimum atomic E-state index is 0.430. The third kappa shape index (κ3) is 3.41. The molecule has 5 aromatic rings. The molecule has 0 saturated carbocycles. The van der Waals surface area contributed by atoms with Gasteiger partial charge in [-0.15, -0.1) is 25.0 Å². The van der Waals surface area contributed by atoms with E-state index in [2.05, 4.69) is 35.8 Å². The fraction of sp³-hybridized carbons (Fsp3) is 0. The largest absolute Gasteiger partial charge is 0.270 e. The Hall–Kier alpha value is -3.08. The van der Waals surface area contributed by atoms with Crippen molar-refractivity contribution in [3.8, 4) is 17.1 Å². The second-order valence-electron chi connectivity index (χ2n) is 5.78. The molecule has 0 saturated heterocycles. The highest BCUT2D eigenvalue weighted by Crippen LogP contribution is 2.33. The van der Waals surface area contributed by atoms with Crippen molar-refractivity contribution < 1.29 is 0 Å². The number of fused-ring (bicyclic) bond motifs is 1. The Morgan fingerprint density at radius 1 is 0.931 bits per heavy atom. The normalized spacial score (nSPS) is 11.2. The predicted octanol–water partition coefficient (Wildman–Crippen LogP) is 3.62. The van der Waals surface area contributed by atoms with Crippen LogP contribution in [0.3, 0.4) is 0 Å². The average Bonchev–Trinajstić information content (AvgIpc) is 3.37. The van der Waals surface area contributed by atoms with Crippen molar-refractivity contribution in [3.63, 3.8) is 0 Å². The summed E-state index contributed by atoms with van der Waals surface area (Å²) in [4.78, 5) is 4.18. The van der Waals surface area contributed by atoms with E-state index < -0.39 is 0 Å². The van der Waals surface area contributed by atoms with Gasteiger partial charge in [-0.25, -0.2) is 0 Å². The van der Waals surface area contributed by atoms with Crippen molar-refractivity contribution in [2.75, 3.05) is 0 Å².